The predicted octanol–water partition coefficient (Wildman–Crippen LogP) is 2.78. The number of aromatic amines is 1. The molecular formula is C17H15ClFN3O4. The van der Waals surface area contributed by atoms with E-state index in [-0.39, 0.29) is 6.54 Å². The molecule has 2 N–H and O–H groups in total. The molecule has 0 atom stereocenters. The average molecular weight is 380 g/mol. The molecule has 1 amide bonds. The summed E-state index contributed by atoms with van der Waals surface area (Å²) in [5.74, 6) is -0.242. The van der Waals surface area contributed by atoms with Crippen molar-refractivity contribution in [3.8, 4) is 11.5 Å². The van der Waals surface area contributed by atoms with Crippen LogP contribution in [0.1, 0.15) is 0 Å². The zero-order valence-electron chi connectivity index (χ0n) is 13.9. The van der Waals surface area contributed by atoms with E-state index < -0.39 is 17.4 Å². The Bertz CT molecular complexity index is 1040. The van der Waals surface area contributed by atoms with Gasteiger partial charge in [0.05, 0.1) is 36.0 Å². The van der Waals surface area contributed by atoms with Crippen LogP contribution in [-0.4, -0.2) is 29.7 Å². The van der Waals surface area contributed by atoms with Crippen molar-refractivity contribution in [1.29, 1.82) is 0 Å². The maximum Gasteiger partial charge on any atom is 0.326 e. The molecular weight excluding hydrogens is 365 g/mol. The summed E-state index contributed by atoms with van der Waals surface area (Å²) in [6.07, 6.45) is 0. The molecule has 3 aromatic rings. The van der Waals surface area contributed by atoms with E-state index in [9.17, 15) is 14.0 Å². The van der Waals surface area contributed by atoms with E-state index in [1.165, 1.54) is 49.1 Å². The van der Waals surface area contributed by atoms with Gasteiger partial charge in [0.25, 0.3) is 0 Å². The fourth-order valence-electron chi connectivity index (χ4n) is 2.58. The summed E-state index contributed by atoms with van der Waals surface area (Å²) >= 11 is 6.03. The monoisotopic (exact) mass is 379 g/mol. The number of benzene rings is 2. The maximum atomic E-state index is 13.3. The molecule has 9 heteroatoms. The molecule has 0 saturated heterocycles. The van der Waals surface area contributed by atoms with Crippen molar-refractivity contribution in [3.05, 3.63) is 51.7 Å². The second kappa shape index (κ2) is 7.09. The van der Waals surface area contributed by atoms with E-state index in [1.54, 1.807) is 0 Å². The molecule has 0 bridgehead atoms. The van der Waals surface area contributed by atoms with Crippen molar-refractivity contribution in [2.45, 2.75) is 6.54 Å². The predicted molar refractivity (Wildman–Crippen MR) is 95.7 cm³/mol. The Labute approximate surface area is 152 Å². The third-order valence-electron chi connectivity index (χ3n) is 3.79. The summed E-state index contributed by atoms with van der Waals surface area (Å²) in [5.41, 5.74) is 0.569. The number of nitrogens with zero attached hydrogens (tertiary/aromatic N) is 1. The van der Waals surface area contributed by atoms with Crippen LogP contribution >= 0.6 is 11.6 Å². The number of rotatable bonds is 5. The van der Waals surface area contributed by atoms with Crippen molar-refractivity contribution in [2.24, 2.45) is 0 Å². The lowest BCUT2D eigenvalue weighted by Crippen LogP contribution is -2.26. The standard InChI is InChI=1S/C17H15ClFN3O4/c1-25-14-7-12(15(26-2)6-10(14)18)20-16(23)8-22-13-4-3-9(19)5-11(13)21-17(22)24/h3-7H,8H2,1-2H3,(H,20,23)(H,21,24). The topological polar surface area (TPSA) is 85.4 Å². The highest BCUT2D eigenvalue weighted by Gasteiger charge is 2.15. The van der Waals surface area contributed by atoms with Crippen LogP contribution < -0.4 is 20.5 Å². The average Bonchev–Trinajstić information content (AvgIpc) is 2.90. The third kappa shape index (κ3) is 3.36. The summed E-state index contributed by atoms with van der Waals surface area (Å²) in [4.78, 5) is 27.0. The second-order valence-electron chi connectivity index (χ2n) is 5.41. The summed E-state index contributed by atoms with van der Waals surface area (Å²) in [6.45, 7) is -0.265. The van der Waals surface area contributed by atoms with Gasteiger partial charge in [-0.25, -0.2) is 9.18 Å². The molecule has 0 aliphatic carbocycles. The quantitative estimate of drug-likeness (QED) is 0.713. The fraction of sp³-hybridized carbons (Fsp3) is 0.176. The first-order valence-corrected chi connectivity index (χ1v) is 7.90. The number of carbonyl (C=O) groups excluding carboxylic acids is 1. The van der Waals surface area contributed by atoms with Crippen LogP contribution in [0.4, 0.5) is 10.1 Å². The number of fused-ring (bicyclic) bond motifs is 1. The minimum atomic E-state index is -0.513. The van der Waals surface area contributed by atoms with Crippen molar-refractivity contribution >= 4 is 34.2 Å². The fourth-order valence-corrected chi connectivity index (χ4v) is 2.82. The van der Waals surface area contributed by atoms with Crippen LogP contribution in [0.2, 0.25) is 5.02 Å². The lowest BCUT2D eigenvalue weighted by Gasteiger charge is -2.13. The number of ether oxygens (including phenoxy) is 2. The number of anilines is 1. The number of carbonyl (C=O) groups is 1. The zero-order chi connectivity index (χ0) is 18.8. The first kappa shape index (κ1) is 17.8. The third-order valence-corrected chi connectivity index (χ3v) is 4.08. The van der Waals surface area contributed by atoms with Crippen LogP contribution in [-0.2, 0) is 11.3 Å². The number of methoxy groups -OCH3 is 2. The normalized spacial score (nSPS) is 10.8. The molecule has 1 heterocycles. The minimum absolute atomic E-state index is 0.265. The number of halogens is 2. The van der Waals surface area contributed by atoms with Gasteiger partial charge in [0, 0.05) is 12.1 Å². The molecule has 0 fully saturated rings. The molecule has 0 aliphatic heterocycles. The molecule has 7 nitrogen and oxygen atoms in total. The second-order valence-corrected chi connectivity index (χ2v) is 5.82. The first-order valence-electron chi connectivity index (χ1n) is 7.52. The Morgan fingerprint density at radius 3 is 2.65 bits per heavy atom. The Kier molecular flexibility index (Phi) is 4.85. The molecule has 136 valence electrons. The molecule has 0 saturated carbocycles. The van der Waals surface area contributed by atoms with Gasteiger partial charge in [0.2, 0.25) is 5.91 Å². The summed E-state index contributed by atoms with van der Waals surface area (Å²) in [5, 5.41) is 2.99. The number of aromatic nitrogens is 2. The van der Waals surface area contributed by atoms with Gasteiger partial charge >= 0.3 is 5.69 Å². The number of amides is 1. The van der Waals surface area contributed by atoms with Crippen LogP contribution in [0.3, 0.4) is 0 Å². The van der Waals surface area contributed by atoms with Gasteiger partial charge in [0.15, 0.2) is 0 Å². The minimum Gasteiger partial charge on any atom is -0.495 e. The molecule has 0 spiro atoms. The van der Waals surface area contributed by atoms with Crippen molar-refractivity contribution in [2.75, 3.05) is 19.5 Å². The van der Waals surface area contributed by atoms with Crippen LogP contribution in [0.25, 0.3) is 11.0 Å². The van der Waals surface area contributed by atoms with Gasteiger partial charge in [0.1, 0.15) is 23.9 Å². The van der Waals surface area contributed by atoms with E-state index >= 15 is 0 Å². The summed E-state index contributed by atoms with van der Waals surface area (Å²) in [7, 11) is 2.89. The zero-order valence-corrected chi connectivity index (χ0v) is 14.7. The van der Waals surface area contributed by atoms with E-state index in [0.717, 1.165) is 0 Å². The van der Waals surface area contributed by atoms with Gasteiger partial charge in [-0.15, -0.1) is 0 Å². The molecule has 0 radical (unpaired) electrons. The lowest BCUT2D eigenvalue weighted by molar-refractivity contribution is -0.116. The van der Waals surface area contributed by atoms with Crippen LogP contribution in [0, 0.1) is 5.82 Å². The molecule has 0 aliphatic rings. The Balaban J connectivity index is 1.88. The van der Waals surface area contributed by atoms with Crippen LogP contribution in [0.15, 0.2) is 35.1 Å². The largest absolute Gasteiger partial charge is 0.495 e. The van der Waals surface area contributed by atoms with Crippen molar-refractivity contribution in [3.63, 3.8) is 0 Å². The van der Waals surface area contributed by atoms with Crippen molar-refractivity contribution < 1.29 is 18.7 Å². The van der Waals surface area contributed by atoms with Gasteiger partial charge in [-0.05, 0) is 18.2 Å². The number of nitrogens with one attached hydrogen (secondary N) is 2. The van der Waals surface area contributed by atoms with E-state index in [2.05, 4.69) is 10.3 Å². The Morgan fingerprint density at radius 1 is 1.23 bits per heavy atom. The molecule has 3 rings (SSSR count). The highest BCUT2D eigenvalue weighted by atomic mass is 35.5. The number of hydrogen-bond acceptors (Lipinski definition) is 4. The molecule has 0 unspecified atom stereocenters. The SMILES string of the molecule is COc1cc(NC(=O)Cn2c(=O)[nH]c3cc(F)ccc32)c(OC)cc1Cl. The van der Waals surface area contributed by atoms with E-state index in [1.807, 2.05) is 0 Å². The maximum absolute atomic E-state index is 13.3. The van der Waals surface area contributed by atoms with Gasteiger partial charge < -0.3 is 19.8 Å². The highest BCUT2D eigenvalue weighted by Crippen LogP contribution is 2.35. The van der Waals surface area contributed by atoms with Crippen molar-refractivity contribution in [1.82, 2.24) is 9.55 Å². The van der Waals surface area contributed by atoms with E-state index in [4.69, 9.17) is 21.1 Å². The lowest BCUT2D eigenvalue weighted by atomic mass is 10.2. The Morgan fingerprint density at radius 2 is 1.96 bits per heavy atom. The number of hydrogen-bond donors (Lipinski definition) is 2. The van der Waals surface area contributed by atoms with Gasteiger partial charge in [-0.3, -0.25) is 9.36 Å². The van der Waals surface area contributed by atoms with Crippen LogP contribution in [0.5, 0.6) is 11.5 Å². The summed E-state index contributed by atoms with van der Waals surface area (Å²) < 4.78 is 24.8. The Hall–Kier alpha value is -3.00. The smallest absolute Gasteiger partial charge is 0.326 e. The van der Waals surface area contributed by atoms with Gasteiger partial charge in [-0.1, -0.05) is 11.6 Å². The molecule has 1 aromatic heterocycles. The summed E-state index contributed by atoms with van der Waals surface area (Å²) in [6, 6.07) is 6.88. The number of imidazole rings is 1. The highest BCUT2D eigenvalue weighted by molar-refractivity contribution is 6.32. The molecule has 26 heavy (non-hydrogen) atoms. The van der Waals surface area contributed by atoms with Gasteiger partial charge in [-0.2, -0.15) is 0 Å². The number of H-pyrrole nitrogens is 1. The van der Waals surface area contributed by atoms with E-state index in [0.29, 0.717) is 33.2 Å². The first-order chi connectivity index (χ1) is 12.4. The molecule has 2 aromatic carbocycles.